The molecule has 2 atom stereocenters. The first-order chi connectivity index (χ1) is 14.8. The summed E-state index contributed by atoms with van der Waals surface area (Å²) in [5.74, 6) is 0.415. The molecule has 11 heteroatoms. The van der Waals surface area contributed by atoms with Crippen LogP contribution >= 0.6 is 22.9 Å². The topological polar surface area (TPSA) is 104 Å². The summed E-state index contributed by atoms with van der Waals surface area (Å²) < 4.78 is 16.2. The van der Waals surface area contributed by atoms with Crippen LogP contribution in [0.4, 0.5) is 0 Å². The summed E-state index contributed by atoms with van der Waals surface area (Å²) in [5, 5.41) is 13.2. The van der Waals surface area contributed by atoms with Crippen LogP contribution in [0, 0.1) is 6.92 Å². The number of thiazole rings is 1. The number of hydrogen-bond donors (Lipinski definition) is 1. The monoisotopic (exact) mass is 462 g/mol. The van der Waals surface area contributed by atoms with Crippen LogP contribution < -0.4 is 11.2 Å². The van der Waals surface area contributed by atoms with Crippen molar-refractivity contribution in [1.82, 2.24) is 18.7 Å². The van der Waals surface area contributed by atoms with Gasteiger partial charge in [0.25, 0.3) is 5.56 Å². The van der Waals surface area contributed by atoms with E-state index in [0.29, 0.717) is 33.7 Å². The molecule has 9 nitrogen and oxygen atoms in total. The summed E-state index contributed by atoms with van der Waals surface area (Å²) in [4.78, 5) is 30.7. The fraction of sp³-hybridized carbons (Fsp3) is 0.350. The average Bonchev–Trinajstić information content (AvgIpc) is 3.46. The Morgan fingerprint density at radius 1 is 1.29 bits per heavy atom. The standard InChI is InChI=1S/C20H19ClN4O5S/c1-9-22-11(8-31-9)15-14-16(23(2)20(28)24(3)19(14)27)17-18(12-4-5-13(21)30-12)29-10(7-26)6-25(15)17/h4-5,8,10,18,26H,6-7H2,1-3H3/t10-,18-/m1/s1. The van der Waals surface area contributed by atoms with E-state index in [-0.39, 0.29) is 18.4 Å². The summed E-state index contributed by atoms with van der Waals surface area (Å²) in [6.45, 7) is 1.94. The zero-order chi connectivity index (χ0) is 22.0. The summed E-state index contributed by atoms with van der Waals surface area (Å²) in [6.07, 6.45) is -1.32. The number of aliphatic hydroxyl groups is 1. The molecule has 1 N–H and O–H groups in total. The van der Waals surface area contributed by atoms with Gasteiger partial charge in [0.15, 0.2) is 11.3 Å². The fourth-order valence-electron chi connectivity index (χ4n) is 4.21. The first-order valence-electron chi connectivity index (χ1n) is 9.58. The molecule has 0 aromatic carbocycles. The second kappa shape index (κ2) is 7.20. The second-order valence-electron chi connectivity index (χ2n) is 7.49. The number of aliphatic hydroxyl groups excluding tert-OH is 1. The molecule has 31 heavy (non-hydrogen) atoms. The van der Waals surface area contributed by atoms with Crippen LogP contribution in [0.15, 0.2) is 31.5 Å². The molecule has 0 bridgehead atoms. The maximum absolute atomic E-state index is 13.3. The van der Waals surface area contributed by atoms with E-state index < -0.39 is 23.5 Å². The molecule has 0 aliphatic carbocycles. The van der Waals surface area contributed by atoms with Crippen molar-refractivity contribution in [3.8, 4) is 11.4 Å². The molecule has 0 unspecified atom stereocenters. The number of aromatic nitrogens is 4. The smallest absolute Gasteiger partial charge is 0.331 e. The maximum Gasteiger partial charge on any atom is 0.331 e. The van der Waals surface area contributed by atoms with Gasteiger partial charge in [0.1, 0.15) is 5.76 Å². The number of hydrogen-bond acceptors (Lipinski definition) is 7. The van der Waals surface area contributed by atoms with E-state index in [2.05, 4.69) is 4.98 Å². The number of halogens is 1. The van der Waals surface area contributed by atoms with E-state index in [1.54, 1.807) is 19.2 Å². The molecule has 5 rings (SSSR count). The summed E-state index contributed by atoms with van der Waals surface area (Å²) in [6, 6.07) is 3.28. The van der Waals surface area contributed by atoms with Gasteiger partial charge >= 0.3 is 5.69 Å². The Morgan fingerprint density at radius 3 is 2.68 bits per heavy atom. The lowest BCUT2D eigenvalue weighted by Crippen LogP contribution is -2.37. The van der Waals surface area contributed by atoms with E-state index in [1.807, 2.05) is 16.9 Å². The van der Waals surface area contributed by atoms with E-state index >= 15 is 0 Å². The highest BCUT2D eigenvalue weighted by Gasteiger charge is 2.38. The van der Waals surface area contributed by atoms with Crippen molar-refractivity contribution in [2.75, 3.05) is 6.61 Å². The Bertz CT molecular complexity index is 1440. The normalized spacial score (nSPS) is 18.6. The third-order valence-electron chi connectivity index (χ3n) is 5.59. The molecule has 0 fully saturated rings. The molecule has 0 saturated carbocycles. The van der Waals surface area contributed by atoms with Crippen LogP contribution in [0.3, 0.4) is 0 Å². The van der Waals surface area contributed by atoms with E-state index in [0.717, 1.165) is 9.57 Å². The third kappa shape index (κ3) is 2.93. The Hall–Kier alpha value is -2.66. The summed E-state index contributed by atoms with van der Waals surface area (Å²) >= 11 is 7.47. The van der Waals surface area contributed by atoms with Gasteiger partial charge in [-0.1, -0.05) is 0 Å². The Balaban J connectivity index is 1.96. The van der Waals surface area contributed by atoms with E-state index in [1.165, 1.54) is 23.0 Å². The van der Waals surface area contributed by atoms with Gasteiger partial charge in [0, 0.05) is 19.5 Å². The molecule has 1 aliphatic rings. The number of furan rings is 1. The molecular formula is C20H19ClN4O5S. The first-order valence-corrected chi connectivity index (χ1v) is 10.8. The minimum Gasteiger partial charge on any atom is -0.446 e. The van der Waals surface area contributed by atoms with Gasteiger partial charge in [-0.2, -0.15) is 0 Å². The number of rotatable bonds is 3. The minimum absolute atomic E-state index is 0.187. The largest absolute Gasteiger partial charge is 0.446 e. The van der Waals surface area contributed by atoms with Crippen molar-refractivity contribution in [1.29, 1.82) is 0 Å². The van der Waals surface area contributed by atoms with Crippen molar-refractivity contribution in [2.45, 2.75) is 25.7 Å². The Morgan fingerprint density at radius 2 is 2.06 bits per heavy atom. The predicted molar refractivity (Wildman–Crippen MR) is 116 cm³/mol. The second-order valence-corrected chi connectivity index (χ2v) is 8.92. The zero-order valence-electron chi connectivity index (χ0n) is 17.0. The number of aryl methyl sites for hydroxylation is 2. The van der Waals surface area contributed by atoms with Crippen molar-refractivity contribution in [3.63, 3.8) is 0 Å². The van der Waals surface area contributed by atoms with Crippen LogP contribution in [0.25, 0.3) is 22.3 Å². The van der Waals surface area contributed by atoms with Crippen molar-refractivity contribution in [2.24, 2.45) is 14.1 Å². The Labute approximate surface area is 184 Å². The Kier molecular flexibility index (Phi) is 4.70. The van der Waals surface area contributed by atoms with Gasteiger partial charge in [-0.3, -0.25) is 13.9 Å². The molecule has 4 aromatic rings. The van der Waals surface area contributed by atoms with Crippen LogP contribution in [-0.2, 0) is 25.4 Å². The zero-order valence-corrected chi connectivity index (χ0v) is 18.5. The molecule has 1 aliphatic heterocycles. The highest BCUT2D eigenvalue weighted by Crippen LogP contribution is 2.42. The lowest BCUT2D eigenvalue weighted by Gasteiger charge is -2.31. The van der Waals surface area contributed by atoms with Gasteiger partial charge in [-0.15, -0.1) is 11.3 Å². The molecule has 4 aromatic heterocycles. The third-order valence-corrected chi connectivity index (χ3v) is 6.56. The summed E-state index contributed by atoms with van der Waals surface area (Å²) in [5.41, 5.74) is 1.38. The molecule has 5 heterocycles. The summed E-state index contributed by atoms with van der Waals surface area (Å²) in [7, 11) is 3.07. The first kappa shape index (κ1) is 20.3. The fourth-order valence-corrected chi connectivity index (χ4v) is 4.96. The maximum atomic E-state index is 13.3. The molecule has 0 amide bonds. The van der Waals surface area contributed by atoms with Gasteiger partial charge in [0.2, 0.25) is 0 Å². The molecule has 0 spiro atoms. The van der Waals surface area contributed by atoms with Crippen molar-refractivity contribution in [3.05, 3.63) is 60.0 Å². The van der Waals surface area contributed by atoms with E-state index in [9.17, 15) is 14.7 Å². The number of ether oxygens (including phenoxy) is 1. The van der Waals surface area contributed by atoms with Crippen molar-refractivity contribution < 1.29 is 14.3 Å². The minimum atomic E-state index is -0.771. The highest BCUT2D eigenvalue weighted by atomic mass is 35.5. The van der Waals surface area contributed by atoms with Gasteiger partial charge in [0.05, 0.1) is 52.2 Å². The quantitative estimate of drug-likeness (QED) is 0.500. The molecule has 0 saturated heterocycles. The van der Waals surface area contributed by atoms with Crippen LogP contribution in [0.2, 0.25) is 5.22 Å². The van der Waals surface area contributed by atoms with E-state index in [4.69, 9.17) is 20.8 Å². The molecular weight excluding hydrogens is 444 g/mol. The van der Waals surface area contributed by atoms with Crippen LogP contribution in [0.5, 0.6) is 0 Å². The van der Waals surface area contributed by atoms with Crippen LogP contribution in [0.1, 0.15) is 22.6 Å². The molecule has 0 radical (unpaired) electrons. The van der Waals surface area contributed by atoms with Gasteiger partial charge in [-0.25, -0.2) is 9.78 Å². The predicted octanol–water partition coefficient (Wildman–Crippen LogP) is 2.20. The van der Waals surface area contributed by atoms with Crippen molar-refractivity contribution >= 4 is 33.8 Å². The SMILES string of the molecule is Cc1nc(-c2c3c(=O)n(C)c(=O)n(C)c3c3n2C[C@H](CO)O[C@@H]3c2ccc(Cl)o2)cs1. The molecule has 162 valence electrons. The number of nitrogens with zero attached hydrogens (tertiary/aromatic N) is 4. The average molecular weight is 463 g/mol. The number of fused-ring (bicyclic) bond motifs is 3. The lowest BCUT2D eigenvalue weighted by atomic mass is 10.1. The van der Waals surface area contributed by atoms with Gasteiger partial charge in [-0.05, 0) is 30.7 Å². The lowest BCUT2D eigenvalue weighted by molar-refractivity contribution is -0.0589. The highest BCUT2D eigenvalue weighted by molar-refractivity contribution is 7.09. The van der Waals surface area contributed by atoms with Crippen LogP contribution in [-0.4, -0.2) is 36.5 Å². The van der Waals surface area contributed by atoms with Gasteiger partial charge < -0.3 is 18.8 Å².